The van der Waals surface area contributed by atoms with Gasteiger partial charge in [0.05, 0.1) is 12.7 Å². The number of hydrogen-bond donors (Lipinski definition) is 0. The van der Waals surface area contributed by atoms with Gasteiger partial charge in [-0.3, -0.25) is 0 Å². The number of ether oxygens (including phenoxy) is 2. The van der Waals surface area contributed by atoms with Crippen molar-refractivity contribution in [2.45, 2.75) is 64.1 Å². The highest BCUT2D eigenvalue weighted by Gasteiger charge is 2.55. The Bertz CT molecular complexity index is 889. The number of aryl methyl sites for hydroxylation is 1. The summed E-state index contributed by atoms with van der Waals surface area (Å²) in [4.78, 5) is 0. The third kappa shape index (κ3) is 3.50. The molecule has 2 heteroatoms. The van der Waals surface area contributed by atoms with Gasteiger partial charge in [0.15, 0.2) is 0 Å². The van der Waals surface area contributed by atoms with Crippen LogP contribution in [0.25, 0.3) is 0 Å². The van der Waals surface area contributed by atoms with Gasteiger partial charge in [-0.15, -0.1) is 6.58 Å². The van der Waals surface area contributed by atoms with Crippen LogP contribution >= 0.6 is 0 Å². The van der Waals surface area contributed by atoms with Gasteiger partial charge in [0.2, 0.25) is 0 Å². The quantitative estimate of drug-likeness (QED) is 0.501. The van der Waals surface area contributed by atoms with Crippen molar-refractivity contribution in [1.82, 2.24) is 0 Å². The molecule has 5 rings (SSSR count). The highest BCUT2D eigenvalue weighted by molar-refractivity contribution is 5.41. The molecule has 2 nitrogen and oxygen atoms in total. The molecule has 3 unspecified atom stereocenters. The van der Waals surface area contributed by atoms with Gasteiger partial charge in [-0.1, -0.05) is 49.4 Å². The van der Waals surface area contributed by atoms with Gasteiger partial charge in [-0.05, 0) is 90.5 Å². The zero-order chi connectivity index (χ0) is 20.6. The minimum absolute atomic E-state index is 0.348. The number of benzene rings is 2. The largest absolute Gasteiger partial charge is 0.489 e. The predicted octanol–water partition coefficient (Wildman–Crippen LogP) is 6.69. The molecule has 2 aromatic carbocycles. The van der Waals surface area contributed by atoms with E-state index in [1.165, 1.54) is 49.7 Å². The SMILES string of the molecule is C=CCO[C@H]1CCC2C3CCc4cc(OCc5ccccc5)ccc4C3CC[C@@]21C. The Balaban J connectivity index is 1.31. The fourth-order valence-corrected chi connectivity index (χ4v) is 6.80. The average molecular weight is 403 g/mol. The Labute approximate surface area is 181 Å². The lowest BCUT2D eigenvalue weighted by Crippen LogP contribution is -2.44. The summed E-state index contributed by atoms with van der Waals surface area (Å²) in [6.07, 6.45) is 9.94. The monoisotopic (exact) mass is 402 g/mol. The van der Waals surface area contributed by atoms with Gasteiger partial charge >= 0.3 is 0 Å². The summed E-state index contributed by atoms with van der Waals surface area (Å²) in [6.45, 7) is 7.67. The summed E-state index contributed by atoms with van der Waals surface area (Å²) < 4.78 is 12.3. The van der Waals surface area contributed by atoms with Crippen LogP contribution in [0.1, 0.15) is 61.6 Å². The maximum absolute atomic E-state index is 6.22. The van der Waals surface area contributed by atoms with E-state index in [1.807, 2.05) is 12.1 Å². The molecule has 30 heavy (non-hydrogen) atoms. The Morgan fingerprint density at radius 1 is 1.07 bits per heavy atom. The van der Waals surface area contributed by atoms with Crippen LogP contribution in [-0.4, -0.2) is 12.7 Å². The second kappa shape index (κ2) is 8.23. The first-order chi connectivity index (χ1) is 14.7. The summed E-state index contributed by atoms with van der Waals surface area (Å²) >= 11 is 0. The van der Waals surface area contributed by atoms with E-state index in [4.69, 9.17) is 9.47 Å². The number of rotatable bonds is 6. The second-order valence-corrected chi connectivity index (χ2v) is 9.78. The molecule has 0 spiro atoms. The van der Waals surface area contributed by atoms with Crippen molar-refractivity contribution in [3.8, 4) is 5.75 Å². The molecule has 158 valence electrons. The van der Waals surface area contributed by atoms with Crippen molar-refractivity contribution < 1.29 is 9.47 Å². The lowest BCUT2D eigenvalue weighted by molar-refractivity contribution is -0.0554. The number of fused-ring (bicyclic) bond motifs is 5. The Morgan fingerprint density at radius 3 is 2.77 bits per heavy atom. The summed E-state index contributed by atoms with van der Waals surface area (Å²) in [5.74, 6) is 3.33. The van der Waals surface area contributed by atoms with E-state index < -0.39 is 0 Å². The molecular formula is C28H34O2. The molecule has 2 fully saturated rings. The first kappa shape index (κ1) is 19.9. The molecule has 0 N–H and O–H groups in total. The Kier molecular flexibility index (Phi) is 5.45. The summed E-state index contributed by atoms with van der Waals surface area (Å²) in [5.41, 5.74) is 4.68. The maximum Gasteiger partial charge on any atom is 0.120 e. The average Bonchev–Trinajstić information content (AvgIpc) is 3.12. The molecule has 2 saturated carbocycles. The highest BCUT2D eigenvalue weighted by Crippen LogP contribution is 2.61. The molecule has 3 aliphatic rings. The molecule has 5 atom stereocenters. The third-order valence-corrected chi connectivity index (χ3v) is 8.27. The molecule has 0 saturated heterocycles. The lowest BCUT2D eigenvalue weighted by atomic mass is 9.55. The topological polar surface area (TPSA) is 18.5 Å². The van der Waals surface area contributed by atoms with Crippen molar-refractivity contribution in [3.05, 3.63) is 77.9 Å². The van der Waals surface area contributed by atoms with Crippen molar-refractivity contribution in [2.75, 3.05) is 6.61 Å². The van der Waals surface area contributed by atoms with Crippen molar-refractivity contribution in [1.29, 1.82) is 0 Å². The first-order valence-corrected chi connectivity index (χ1v) is 11.7. The van der Waals surface area contributed by atoms with Gasteiger partial charge in [0, 0.05) is 0 Å². The van der Waals surface area contributed by atoms with Crippen LogP contribution in [0.15, 0.2) is 61.2 Å². The van der Waals surface area contributed by atoms with Crippen LogP contribution in [0.4, 0.5) is 0 Å². The van der Waals surface area contributed by atoms with Crippen LogP contribution < -0.4 is 4.74 Å². The third-order valence-electron chi connectivity index (χ3n) is 8.27. The fraction of sp³-hybridized carbons (Fsp3) is 0.500. The summed E-state index contributed by atoms with van der Waals surface area (Å²) in [6, 6.07) is 17.3. The number of hydrogen-bond acceptors (Lipinski definition) is 2. The molecular weight excluding hydrogens is 368 g/mol. The summed E-state index contributed by atoms with van der Waals surface area (Å²) in [7, 11) is 0. The highest BCUT2D eigenvalue weighted by atomic mass is 16.5. The minimum atomic E-state index is 0.348. The molecule has 0 aliphatic heterocycles. The molecule has 3 aliphatic carbocycles. The van der Waals surface area contributed by atoms with Crippen molar-refractivity contribution in [2.24, 2.45) is 17.3 Å². The standard InChI is InChI=1S/C28H34O2/c1-3-17-29-27-14-13-26-25-11-9-21-18-22(30-19-20-7-5-4-6-8-20)10-12-23(21)24(25)15-16-28(26,27)2/h3-8,10,12,18,24-27H,1,9,11,13-17,19H2,2H3/t24?,25?,26?,27-,28-/m0/s1. The molecule has 0 heterocycles. The molecule has 0 bridgehead atoms. The van der Waals surface area contributed by atoms with E-state index in [1.54, 1.807) is 5.56 Å². The smallest absolute Gasteiger partial charge is 0.120 e. The van der Waals surface area contributed by atoms with E-state index in [9.17, 15) is 0 Å². The molecule has 0 aromatic heterocycles. The van der Waals surface area contributed by atoms with Crippen molar-refractivity contribution in [3.63, 3.8) is 0 Å². The first-order valence-electron chi connectivity index (χ1n) is 11.7. The molecule has 0 radical (unpaired) electrons. The van der Waals surface area contributed by atoms with Gasteiger partial charge < -0.3 is 9.47 Å². The van der Waals surface area contributed by atoms with Gasteiger partial charge in [0.25, 0.3) is 0 Å². The predicted molar refractivity (Wildman–Crippen MR) is 122 cm³/mol. The van der Waals surface area contributed by atoms with E-state index in [0.717, 1.165) is 17.6 Å². The van der Waals surface area contributed by atoms with Crippen LogP contribution in [0.3, 0.4) is 0 Å². The Morgan fingerprint density at radius 2 is 1.93 bits per heavy atom. The normalized spacial score (nSPS) is 32.0. The van der Waals surface area contributed by atoms with Crippen molar-refractivity contribution >= 4 is 0 Å². The molecule has 0 amide bonds. The van der Waals surface area contributed by atoms with Crippen LogP contribution in [0, 0.1) is 17.3 Å². The molecule has 2 aromatic rings. The van der Waals surface area contributed by atoms with E-state index in [2.05, 4.69) is 56.0 Å². The Hall–Kier alpha value is -2.06. The van der Waals surface area contributed by atoms with Crippen LogP contribution in [0.2, 0.25) is 0 Å². The van der Waals surface area contributed by atoms with E-state index in [0.29, 0.717) is 30.7 Å². The van der Waals surface area contributed by atoms with Gasteiger partial charge in [-0.25, -0.2) is 0 Å². The summed E-state index contributed by atoms with van der Waals surface area (Å²) in [5, 5.41) is 0. The lowest BCUT2D eigenvalue weighted by Gasteiger charge is -2.50. The zero-order valence-corrected chi connectivity index (χ0v) is 18.2. The van der Waals surface area contributed by atoms with E-state index in [-0.39, 0.29) is 0 Å². The maximum atomic E-state index is 6.22. The zero-order valence-electron chi connectivity index (χ0n) is 18.2. The van der Waals surface area contributed by atoms with Crippen LogP contribution in [0.5, 0.6) is 5.75 Å². The second-order valence-electron chi connectivity index (χ2n) is 9.78. The van der Waals surface area contributed by atoms with E-state index >= 15 is 0 Å². The van der Waals surface area contributed by atoms with Gasteiger partial charge in [0.1, 0.15) is 12.4 Å². The fourth-order valence-electron chi connectivity index (χ4n) is 6.80. The minimum Gasteiger partial charge on any atom is -0.489 e. The van der Waals surface area contributed by atoms with Gasteiger partial charge in [-0.2, -0.15) is 0 Å². The van der Waals surface area contributed by atoms with Crippen LogP contribution in [-0.2, 0) is 17.8 Å².